The van der Waals surface area contributed by atoms with Gasteiger partial charge >= 0.3 is 6.03 Å². The third-order valence-corrected chi connectivity index (χ3v) is 4.81. The minimum atomic E-state index is -0.861. The lowest BCUT2D eigenvalue weighted by atomic mass is 10.1. The summed E-state index contributed by atoms with van der Waals surface area (Å²) in [5, 5.41) is 5.32. The predicted molar refractivity (Wildman–Crippen MR) is 108 cm³/mol. The number of amides is 4. The number of rotatable bonds is 9. The molecule has 0 radical (unpaired) electrons. The normalized spacial score (nSPS) is 15.7. The fourth-order valence-electron chi connectivity index (χ4n) is 3.16. The minimum Gasteiger partial charge on any atom is -0.493 e. The van der Waals surface area contributed by atoms with Crippen molar-refractivity contribution in [3.63, 3.8) is 0 Å². The molecule has 9 nitrogen and oxygen atoms in total. The van der Waals surface area contributed by atoms with Gasteiger partial charge in [-0.3, -0.25) is 19.5 Å². The van der Waals surface area contributed by atoms with Crippen LogP contribution in [0, 0.1) is 0 Å². The maximum Gasteiger partial charge on any atom is 0.324 e. The van der Waals surface area contributed by atoms with Crippen molar-refractivity contribution in [2.24, 2.45) is 0 Å². The van der Waals surface area contributed by atoms with Crippen LogP contribution in [-0.2, 0) is 22.6 Å². The molecule has 1 saturated heterocycles. The first-order valence-electron chi connectivity index (χ1n) is 9.50. The van der Waals surface area contributed by atoms with Crippen LogP contribution in [0.25, 0.3) is 0 Å². The molecule has 9 heteroatoms. The molecule has 1 aromatic heterocycles. The number of methoxy groups -OCH3 is 2. The molecule has 30 heavy (non-hydrogen) atoms. The number of imide groups is 1. The van der Waals surface area contributed by atoms with Crippen molar-refractivity contribution in [1.29, 1.82) is 0 Å². The highest BCUT2D eigenvalue weighted by Gasteiger charge is 2.38. The molecule has 0 aliphatic carbocycles. The van der Waals surface area contributed by atoms with Gasteiger partial charge in [0.25, 0.3) is 5.91 Å². The number of carbonyl (C=O) groups is 3. The number of nitrogens with one attached hydrogen (secondary N) is 2. The highest BCUT2D eigenvalue weighted by Crippen LogP contribution is 2.27. The molecule has 3 rings (SSSR count). The van der Waals surface area contributed by atoms with E-state index in [0.29, 0.717) is 24.5 Å². The Bertz CT molecular complexity index is 919. The first kappa shape index (κ1) is 21.1. The minimum absolute atomic E-state index is 0.109. The molecule has 1 fully saturated rings. The van der Waals surface area contributed by atoms with E-state index in [9.17, 15) is 14.4 Å². The molecule has 158 valence electrons. The molecule has 0 bridgehead atoms. The molecule has 2 N–H and O–H groups in total. The summed E-state index contributed by atoms with van der Waals surface area (Å²) in [6.45, 7) is 0.536. The largest absolute Gasteiger partial charge is 0.493 e. The van der Waals surface area contributed by atoms with E-state index in [1.165, 1.54) is 0 Å². The van der Waals surface area contributed by atoms with Gasteiger partial charge in [0.15, 0.2) is 11.5 Å². The Morgan fingerprint density at radius 2 is 1.83 bits per heavy atom. The van der Waals surface area contributed by atoms with Gasteiger partial charge in [-0.05, 0) is 41.8 Å². The van der Waals surface area contributed by atoms with E-state index in [1.807, 2.05) is 6.07 Å². The van der Waals surface area contributed by atoms with Gasteiger partial charge in [0.2, 0.25) is 5.91 Å². The van der Waals surface area contributed by atoms with Gasteiger partial charge < -0.3 is 20.1 Å². The molecule has 2 aromatic rings. The quantitative estimate of drug-likeness (QED) is 0.600. The predicted octanol–water partition coefficient (Wildman–Crippen LogP) is 1.27. The van der Waals surface area contributed by atoms with E-state index in [2.05, 4.69) is 15.6 Å². The maximum atomic E-state index is 12.6. The lowest BCUT2D eigenvalue weighted by molar-refractivity contribution is -0.130. The van der Waals surface area contributed by atoms with Gasteiger partial charge in [-0.25, -0.2) is 4.79 Å². The first-order chi connectivity index (χ1) is 14.5. The van der Waals surface area contributed by atoms with Crippen LogP contribution in [0.4, 0.5) is 4.79 Å². The number of nitrogens with zero attached hydrogens (tertiary/aromatic N) is 2. The number of hydrogen-bond donors (Lipinski definition) is 2. The number of urea groups is 1. The summed E-state index contributed by atoms with van der Waals surface area (Å²) >= 11 is 0. The highest BCUT2D eigenvalue weighted by molar-refractivity contribution is 6.05. The summed E-state index contributed by atoms with van der Waals surface area (Å²) in [5.41, 5.74) is 1.79. The van der Waals surface area contributed by atoms with Gasteiger partial charge in [0.1, 0.15) is 6.04 Å². The zero-order chi connectivity index (χ0) is 21.5. The van der Waals surface area contributed by atoms with Crippen molar-refractivity contribution < 1.29 is 23.9 Å². The van der Waals surface area contributed by atoms with Crippen LogP contribution in [0.1, 0.15) is 17.5 Å². The van der Waals surface area contributed by atoms with E-state index in [4.69, 9.17) is 9.47 Å². The Morgan fingerprint density at radius 1 is 1.10 bits per heavy atom. The van der Waals surface area contributed by atoms with Crippen LogP contribution in [0.5, 0.6) is 11.5 Å². The Balaban J connectivity index is 1.52. The zero-order valence-corrected chi connectivity index (χ0v) is 16.9. The van der Waals surface area contributed by atoms with Crippen molar-refractivity contribution in [2.75, 3.05) is 20.8 Å². The lowest BCUT2D eigenvalue weighted by Crippen LogP contribution is -2.36. The van der Waals surface area contributed by atoms with Gasteiger partial charge in [-0.2, -0.15) is 0 Å². The smallest absolute Gasteiger partial charge is 0.324 e. The number of benzene rings is 1. The van der Waals surface area contributed by atoms with Crippen LogP contribution in [0.2, 0.25) is 0 Å². The highest BCUT2D eigenvalue weighted by atomic mass is 16.5. The monoisotopic (exact) mass is 412 g/mol. The van der Waals surface area contributed by atoms with Crippen molar-refractivity contribution in [2.45, 2.75) is 25.4 Å². The maximum absolute atomic E-state index is 12.6. The Kier molecular flexibility index (Phi) is 6.84. The summed E-state index contributed by atoms with van der Waals surface area (Å²) in [4.78, 5) is 42.0. The zero-order valence-electron chi connectivity index (χ0n) is 16.9. The summed E-state index contributed by atoms with van der Waals surface area (Å²) in [6.07, 6.45) is 3.62. The van der Waals surface area contributed by atoms with E-state index < -0.39 is 18.0 Å². The molecular weight excluding hydrogens is 388 g/mol. The molecule has 4 amide bonds. The van der Waals surface area contributed by atoms with Crippen LogP contribution in [-0.4, -0.2) is 54.5 Å². The van der Waals surface area contributed by atoms with E-state index >= 15 is 0 Å². The number of aromatic nitrogens is 1. The summed E-state index contributed by atoms with van der Waals surface area (Å²) in [7, 11) is 3.10. The van der Waals surface area contributed by atoms with Gasteiger partial charge in [-0.1, -0.05) is 6.07 Å². The van der Waals surface area contributed by atoms with Crippen molar-refractivity contribution in [3.05, 3.63) is 53.9 Å². The molecular formula is C21H24N4O5. The molecule has 0 spiro atoms. The Labute approximate surface area is 174 Å². The van der Waals surface area contributed by atoms with E-state index in [-0.39, 0.29) is 18.9 Å². The second-order valence-electron chi connectivity index (χ2n) is 6.77. The number of ether oxygens (including phenoxy) is 2. The molecule has 0 unspecified atom stereocenters. The molecule has 2 heterocycles. The SMILES string of the molecule is COc1ccc(CCN2C(=O)N[C@H](CC(=O)NCc3ccncc3)C2=O)cc1OC. The fourth-order valence-corrected chi connectivity index (χ4v) is 3.16. The summed E-state index contributed by atoms with van der Waals surface area (Å²) in [5.74, 6) is 0.469. The fraction of sp³-hybridized carbons (Fsp3) is 0.333. The molecule has 1 aromatic carbocycles. The van der Waals surface area contributed by atoms with Crippen molar-refractivity contribution in [1.82, 2.24) is 20.5 Å². The first-order valence-corrected chi connectivity index (χ1v) is 9.50. The molecule has 0 saturated carbocycles. The van der Waals surface area contributed by atoms with Crippen LogP contribution in [0.3, 0.4) is 0 Å². The second kappa shape index (κ2) is 9.73. The standard InChI is InChI=1S/C21H24N4O5/c1-29-17-4-3-14(11-18(17)30-2)7-10-25-20(27)16(24-21(25)28)12-19(26)23-13-15-5-8-22-9-6-15/h3-6,8-9,11,16H,7,10,12-13H2,1-2H3,(H,23,26)(H,24,28)/t16-/m1/s1. The molecule has 1 aliphatic heterocycles. The van der Waals surface area contributed by atoms with Gasteiger partial charge in [0.05, 0.1) is 20.6 Å². The summed E-state index contributed by atoms with van der Waals surface area (Å²) in [6, 6.07) is 7.66. The van der Waals surface area contributed by atoms with Crippen LogP contribution < -0.4 is 20.1 Å². The van der Waals surface area contributed by atoms with E-state index in [0.717, 1.165) is 16.0 Å². The third-order valence-electron chi connectivity index (χ3n) is 4.81. The van der Waals surface area contributed by atoms with Crippen molar-refractivity contribution in [3.8, 4) is 11.5 Å². The number of hydrogen-bond acceptors (Lipinski definition) is 6. The lowest BCUT2D eigenvalue weighted by Gasteiger charge is -2.14. The topological polar surface area (TPSA) is 110 Å². The van der Waals surface area contributed by atoms with Crippen LogP contribution >= 0.6 is 0 Å². The summed E-state index contributed by atoms with van der Waals surface area (Å²) < 4.78 is 10.5. The Morgan fingerprint density at radius 3 is 2.53 bits per heavy atom. The second-order valence-corrected chi connectivity index (χ2v) is 6.77. The molecule has 1 atom stereocenters. The average Bonchev–Trinajstić information content (AvgIpc) is 3.03. The Hall–Kier alpha value is -3.62. The van der Waals surface area contributed by atoms with Crippen LogP contribution in [0.15, 0.2) is 42.7 Å². The van der Waals surface area contributed by atoms with Crippen molar-refractivity contribution >= 4 is 17.8 Å². The van der Waals surface area contributed by atoms with Gasteiger partial charge in [-0.15, -0.1) is 0 Å². The number of pyridine rings is 1. The van der Waals surface area contributed by atoms with E-state index in [1.54, 1.807) is 50.9 Å². The molecule has 1 aliphatic rings. The van der Waals surface area contributed by atoms with Gasteiger partial charge in [0, 0.05) is 25.5 Å². The number of carbonyl (C=O) groups excluding carboxylic acids is 3. The third kappa shape index (κ3) is 5.05. The average molecular weight is 412 g/mol.